The van der Waals surface area contributed by atoms with E-state index in [4.69, 9.17) is 9.47 Å². The number of anilines is 1. The first kappa shape index (κ1) is 26.2. The van der Waals surface area contributed by atoms with Gasteiger partial charge in [0.15, 0.2) is 17.0 Å². The highest BCUT2D eigenvalue weighted by molar-refractivity contribution is 9.10. The van der Waals surface area contributed by atoms with E-state index in [0.717, 1.165) is 12.8 Å². The van der Waals surface area contributed by atoms with Crippen LogP contribution in [0.1, 0.15) is 35.4 Å². The molecule has 12 heteroatoms. The van der Waals surface area contributed by atoms with Crippen LogP contribution in [-0.2, 0) is 16.9 Å². The van der Waals surface area contributed by atoms with Gasteiger partial charge in [-0.2, -0.15) is 0 Å². The molecule has 0 aliphatic carbocycles. The minimum Gasteiger partial charge on any atom is -0.493 e. The number of para-hydroxylation sites is 1. The van der Waals surface area contributed by atoms with Gasteiger partial charge in [0.25, 0.3) is 17.6 Å². The fourth-order valence-corrected chi connectivity index (χ4v) is 7.34. The van der Waals surface area contributed by atoms with E-state index in [1.165, 1.54) is 19.2 Å². The van der Waals surface area contributed by atoms with Crippen molar-refractivity contribution in [2.24, 2.45) is 0 Å². The second-order valence-electron chi connectivity index (χ2n) is 10.2. The third-order valence-corrected chi connectivity index (χ3v) is 8.82. The number of methoxy groups -OCH3 is 1. The quantitative estimate of drug-likeness (QED) is 0.292. The Hall–Kier alpha value is -4.03. The molecule has 3 aliphatic rings. The fraction of sp³-hybridized carbons (Fsp3) is 0.321. The molecule has 0 bridgehead atoms. The molecule has 3 aromatic rings. The summed E-state index contributed by atoms with van der Waals surface area (Å²) in [5.74, 6) is -0.229. The first-order valence-electron chi connectivity index (χ1n) is 12.8. The number of hydrogen-bond donors (Lipinski definition) is 1. The molecule has 40 heavy (non-hydrogen) atoms. The van der Waals surface area contributed by atoms with Crippen LogP contribution in [0.3, 0.4) is 0 Å². The lowest BCUT2D eigenvalue weighted by Gasteiger charge is -2.32. The maximum Gasteiger partial charge on any atom is 0.269 e. The standard InChI is InChI=1S/C28H25BrN4O7/c1-39-23-14-17(13-20(29)25(23)40-15-16-6-4-7-18(12-16)32(35)36)24-22-10-5-11-31(22)28(26(24)33(37)38)19-8-2-3-9-21(19)30-27(28)34/h2-4,6-9,12-14,22,24,26H,5,10-11,15H2,1H3,(H,30,34)/t22-,24+,26-,28+/m0/s1. The third-order valence-electron chi connectivity index (χ3n) is 8.24. The fourth-order valence-electron chi connectivity index (χ4n) is 6.76. The molecule has 0 unspecified atom stereocenters. The topological polar surface area (TPSA) is 137 Å². The second-order valence-corrected chi connectivity index (χ2v) is 11.0. The maximum absolute atomic E-state index is 13.7. The average molecular weight is 609 g/mol. The number of benzene rings is 3. The molecule has 0 aromatic heterocycles. The van der Waals surface area contributed by atoms with E-state index in [0.29, 0.717) is 44.9 Å². The number of non-ortho nitro benzene ring substituents is 1. The normalized spacial score (nSPS) is 24.9. The Morgan fingerprint density at radius 1 is 1.12 bits per heavy atom. The molecule has 4 atom stereocenters. The molecule has 1 spiro atoms. The molecular formula is C28H25BrN4O7. The summed E-state index contributed by atoms with van der Waals surface area (Å²) in [5.41, 5.74) is 1.06. The van der Waals surface area contributed by atoms with Crippen molar-refractivity contribution in [2.45, 2.75) is 43.0 Å². The minimum absolute atomic E-state index is 0.0397. The molecule has 3 heterocycles. The van der Waals surface area contributed by atoms with Gasteiger partial charge in [-0.15, -0.1) is 0 Å². The lowest BCUT2D eigenvalue weighted by atomic mass is 9.77. The number of rotatable bonds is 7. The number of amides is 1. The molecule has 1 N–H and O–H groups in total. The van der Waals surface area contributed by atoms with Gasteiger partial charge in [0.1, 0.15) is 6.61 Å². The van der Waals surface area contributed by atoms with Gasteiger partial charge in [-0.25, -0.2) is 0 Å². The van der Waals surface area contributed by atoms with Crippen LogP contribution >= 0.6 is 15.9 Å². The lowest BCUT2D eigenvalue weighted by Crippen LogP contribution is -2.55. The van der Waals surface area contributed by atoms with E-state index in [2.05, 4.69) is 21.2 Å². The first-order chi connectivity index (χ1) is 19.3. The summed E-state index contributed by atoms with van der Waals surface area (Å²) in [6, 6.07) is 15.4. The predicted molar refractivity (Wildman–Crippen MR) is 148 cm³/mol. The number of fused-ring (bicyclic) bond motifs is 4. The molecule has 0 radical (unpaired) electrons. The van der Waals surface area contributed by atoms with Crippen LogP contribution in [0.5, 0.6) is 11.5 Å². The van der Waals surface area contributed by atoms with Crippen LogP contribution in [0, 0.1) is 20.2 Å². The average Bonchev–Trinajstić information content (AvgIpc) is 3.60. The van der Waals surface area contributed by atoms with Gasteiger partial charge in [-0.1, -0.05) is 30.3 Å². The highest BCUT2D eigenvalue weighted by atomic mass is 79.9. The van der Waals surface area contributed by atoms with Gasteiger partial charge in [0.2, 0.25) is 0 Å². The van der Waals surface area contributed by atoms with Crippen molar-refractivity contribution in [3.8, 4) is 11.5 Å². The minimum atomic E-state index is -1.41. The van der Waals surface area contributed by atoms with Crippen molar-refractivity contribution in [1.82, 2.24) is 4.90 Å². The van der Waals surface area contributed by atoms with Crippen molar-refractivity contribution in [1.29, 1.82) is 0 Å². The van der Waals surface area contributed by atoms with Crippen LogP contribution in [0.15, 0.2) is 65.1 Å². The molecule has 11 nitrogen and oxygen atoms in total. The Morgan fingerprint density at radius 2 is 1.93 bits per heavy atom. The number of nitrogens with zero attached hydrogens (tertiary/aromatic N) is 3. The molecular weight excluding hydrogens is 584 g/mol. The number of nitro groups is 2. The van der Waals surface area contributed by atoms with Crippen molar-refractivity contribution in [3.63, 3.8) is 0 Å². The lowest BCUT2D eigenvalue weighted by molar-refractivity contribution is -0.534. The third kappa shape index (κ3) is 3.85. The van der Waals surface area contributed by atoms with Crippen LogP contribution in [0.4, 0.5) is 11.4 Å². The van der Waals surface area contributed by atoms with Crippen molar-refractivity contribution < 1.29 is 24.1 Å². The highest BCUT2D eigenvalue weighted by Gasteiger charge is 2.73. The number of hydrogen-bond acceptors (Lipinski definition) is 8. The van der Waals surface area contributed by atoms with E-state index in [1.807, 2.05) is 23.1 Å². The number of halogens is 1. The second kappa shape index (κ2) is 9.86. The zero-order valence-corrected chi connectivity index (χ0v) is 23.0. The van der Waals surface area contributed by atoms with Crippen LogP contribution in [0.25, 0.3) is 0 Å². The molecule has 1 amide bonds. The summed E-state index contributed by atoms with van der Waals surface area (Å²) >= 11 is 3.56. The highest BCUT2D eigenvalue weighted by Crippen LogP contribution is 2.58. The van der Waals surface area contributed by atoms with Gasteiger partial charge < -0.3 is 14.8 Å². The van der Waals surface area contributed by atoms with Crippen LogP contribution in [0.2, 0.25) is 0 Å². The van der Waals surface area contributed by atoms with E-state index in [-0.39, 0.29) is 29.2 Å². The summed E-state index contributed by atoms with van der Waals surface area (Å²) in [5, 5.41) is 26.9. The maximum atomic E-state index is 13.7. The smallest absolute Gasteiger partial charge is 0.269 e. The van der Waals surface area contributed by atoms with Crippen LogP contribution < -0.4 is 14.8 Å². The van der Waals surface area contributed by atoms with E-state index >= 15 is 0 Å². The van der Waals surface area contributed by atoms with E-state index in [9.17, 15) is 25.0 Å². The number of carbonyl (C=O) groups excluding carboxylic acids is 1. The molecule has 2 fully saturated rings. The molecule has 6 rings (SSSR count). The summed E-state index contributed by atoms with van der Waals surface area (Å²) in [6.45, 7) is 0.628. The monoisotopic (exact) mass is 608 g/mol. The molecule has 206 valence electrons. The number of carbonyl (C=O) groups is 1. The van der Waals surface area contributed by atoms with Gasteiger partial charge in [-0.05, 0) is 58.1 Å². The molecule has 0 saturated carbocycles. The first-order valence-corrected chi connectivity index (χ1v) is 13.6. The Kier molecular flexibility index (Phi) is 6.46. The van der Waals surface area contributed by atoms with Gasteiger partial charge in [0.05, 0.1) is 22.4 Å². The van der Waals surface area contributed by atoms with Crippen LogP contribution in [-0.4, -0.2) is 46.4 Å². The predicted octanol–water partition coefficient (Wildman–Crippen LogP) is 5.00. The molecule has 2 saturated heterocycles. The largest absolute Gasteiger partial charge is 0.493 e. The Morgan fingerprint density at radius 3 is 2.67 bits per heavy atom. The Bertz CT molecular complexity index is 1550. The van der Waals surface area contributed by atoms with Crippen molar-refractivity contribution in [3.05, 3.63) is 102 Å². The van der Waals surface area contributed by atoms with Crippen molar-refractivity contribution >= 4 is 33.2 Å². The summed E-state index contributed by atoms with van der Waals surface area (Å²) in [7, 11) is 1.48. The number of ether oxygens (including phenoxy) is 2. The van der Waals surface area contributed by atoms with Gasteiger partial charge in [0, 0.05) is 40.9 Å². The van der Waals surface area contributed by atoms with E-state index < -0.39 is 22.4 Å². The van der Waals surface area contributed by atoms with Crippen molar-refractivity contribution in [2.75, 3.05) is 19.0 Å². The zero-order chi connectivity index (χ0) is 28.2. The Labute approximate surface area is 237 Å². The Balaban J connectivity index is 1.40. The number of nitrogens with one attached hydrogen (secondary N) is 1. The summed E-state index contributed by atoms with van der Waals surface area (Å²) < 4.78 is 12.2. The van der Waals surface area contributed by atoms with E-state index in [1.54, 1.807) is 30.3 Å². The summed E-state index contributed by atoms with van der Waals surface area (Å²) in [6.07, 6.45) is 1.54. The van der Waals surface area contributed by atoms with Gasteiger partial charge >= 0.3 is 0 Å². The molecule has 3 aromatic carbocycles. The number of nitro benzene ring substituents is 1. The van der Waals surface area contributed by atoms with Gasteiger partial charge in [-0.3, -0.25) is 29.9 Å². The zero-order valence-electron chi connectivity index (χ0n) is 21.4. The summed E-state index contributed by atoms with van der Waals surface area (Å²) in [4.78, 5) is 38.9. The molecule has 3 aliphatic heterocycles. The SMILES string of the molecule is COc1cc([C@H]2[C@H]([N+](=O)[O-])[C@]3(C(=O)Nc4ccccc43)N3CCC[C@@H]23)cc(Br)c1OCc1cccc([N+](=O)[O-])c1.